The van der Waals surface area contributed by atoms with Crippen LogP contribution in [0.1, 0.15) is 48.4 Å². The minimum atomic E-state index is -0.958. The van der Waals surface area contributed by atoms with Gasteiger partial charge in [-0.1, -0.05) is 18.2 Å². The third-order valence-corrected chi connectivity index (χ3v) is 4.25. The predicted octanol–water partition coefficient (Wildman–Crippen LogP) is -6.23. The first kappa shape index (κ1) is 34.0. The van der Waals surface area contributed by atoms with E-state index in [0.717, 1.165) is 5.56 Å². The molecule has 0 amide bonds. The van der Waals surface area contributed by atoms with E-state index >= 15 is 0 Å². The van der Waals surface area contributed by atoms with Gasteiger partial charge in [-0.05, 0) is 55.7 Å². The van der Waals surface area contributed by atoms with Crippen molar-refractivity contribution in [3.05, 3.63) is 64.7 Å². The molecule has 2 aromatic carbocycles. The van der Waals surface area contributed by atoms with Crippen LogP contribution in [-0.2, 0) is 13.0 Å². The summed E-state index contributed by atoms with van der Waals surface area (Å²) in [6.07, 6.45) is -0.205. The molecule has 0 aromatic heterocycles. The van der Waals surface area contributed by atoms with Gasteiger partial charge in [-0.15, -0.1) is 12.4 Å². The largest absolute Gasteiger partial charge is 1.00 e. The summed E-state index contributed by atoms with van der Waals surface area (Å²) in [5, 5.41) is 41.6. The van der Waals surface area contributed by atoms with Gasteiger partial charge >= 0.3 is 43.7 Å². The van der Waals surface area contributed by atoms with Gasteiger partial charge in [0, 0.05) is 17.6 Å². The third-order valence-electron chi connectivity index (χ3n) is 4.25. The number of hydrogen-bond acceptors (Lipinski definition) is 5. The smallest absolute Gasteiger partial charge is 1.00 e. The maximum Gasteiger partial charge on any atom is 1.00 e. The molecule has 10 heteroatoms. The van der Waals surface area contributed by atoms with Crippen LogP contribution >= 0.6 is 12.4 Å². The number of aromatic hydroxyl groups is 1. The summed E-state index contributed by atoms with van der Waals surface area (Å²) in [7, 11) is 0. The van der Waals surface area contributed by atoms with Crippen molar-refractivity contribution in [2.24, 2.45) is 0 Å². The normalized spacial score (nSPS) is 11.1. The zero-order chi connectivity index (χ0) is 19.3. The Bertz CT molecular complexity index is 800. The summed E-state index contributed by atoms with van der Waals surface area (Å²) in [5.74, 6) is -0.963. The van der Waals surface area contributed by atoms with Gasteiger partial charge < -0.3 is 39.6 Å². The van der Waals surface area contributed by atoms with Crippen LogP contribution in [0.2, 0.25) is 0 Å². The van der Waals surface area contributed by atoms with Crippen LogP contribution in [0.15, 0.2) is 42.5 Å². The number of halogens is 2. The summed E-state index contributed by atoms with van der Waals surface area (Å²) >= 11 is 0. The maximum absolute atomic E-state index is 11.1. The number of nitrogens with one attached hydrogen (secondary N) is 1. The summed E-state index contributed by atoms with van der Waals surface area (Å²) in [4.78, 5) is 11.1. The molecule has 6 nitrogen and oxygen atoms in total. The second kappa shape index (κ2) is 15.2. The molecule has 0 spiro atoms. The fourth-order valence-electron chi connectivity index (χ4n) is 2.82. The number of carbonyl (C=O) groups is 1. The molecule has 0 bridgehead atoms. The van der Waals surface area contributed by atoms with Gasteiger partial charge in [0.25, 0.3) is 0 Å². The van der Waals surface area contributed by atoms with Gasteiger partial charge in [-0.3, -0.25) is 0 Å². The molecule has 1 atom stereocenters. The Morgan fingerprint density at radius 3 is 2.37 bits per heavy atom. The summed E-state index contributed by atoms with van der Waals surface area (Å²) in [6.45, 7) is 3.93. The number of benzene rings is 2. The molecule has 30 heavy (non-hydrogen) atoms. The average Bonchev–Trinajstić information content (AvgIpc) is 2.60. The van der Waals surface area contributed by atoms with Gasteiger partial charge in [0.1, 0.15) is 5.75 Å². The molecule has 0 unspecified atom stereocenters. The maximum atomic E-state index is 11.1. The molecule has 0 saturated carbocycles. The molecule has 2 aromatic rings. The first-order valence-corrected chi connectivity index (χ1v) is 8.40. The van der Waals surface area contributed by atoms with E-state index in [0.29, 0.717) is 17.5 Å². The number of aliphatic hydroxyl groups excluding tert-OH is 2. The van der Waals surface area contributed by atoms with Crippen LogP contribution in [0.5, 0.6) is 5.75 Å². The summed E-state index contributed by atoms with van der Waals surface area (Å²) in [6, 6.07) is 11.4. The molecule has 0 aliphatic rings. The molecule has 158 valence electrons. The molecule has 0 aliphatic carbocycles. The Balaban J connectivity index is -0.000000729. The van der Waals surface area contributed by atoms with Crippen molar-refractivity contribution >= 4 is 18.4 Å². The number of phenols is 1. The molecule has 0 radical (unpaired) electrons. The van der Waals surface area contributed by atoms with Crippen LogP contribution in [-0.4, -0.2) is 38.5 Å². The first-order valence-electron chi connectivity index (χ1n) is 8.40. The third kappa shape index (κ3) is 10.1. The Morgan fingerprint density at radius 1 is 1.17 bits per heavy atom. The van der Waals surface area contributed by atoms with E-state index in [2.05, 4.69) is 5.32 Å². The molecule has 5 N–H and O–H groups in total. The summed E-state index contributed by atoms with van der Waals surface area (Å²) < 4.78 is 0. The Kier molecular flexibility index (Phi) is 17.2. The molecule has 0 heterocycles. The van der Waals surface area contributed by atoms with Crippen molar-refractivity contribution in [3.8, 4) is 5.75 Å². The van der Waals surface area contributed by atoms with Gasteiger partial charge in [-0.25, -0.2) is 4.79 Å². The van der Waals surface area contributed by atoms with Crippen LogP contribution in [0, 0.1) is 0 Å². The van der Waals surface area contributed by atoms with Crippen LogP contribution in [0.3, 0.4) is 0 Å². The minimum Gasteiger partial charge on any atom is -1.00 e. The Labute approximate surface area is 215 Å². The van der Waals surface area contributed by atoms with Crippen molar-refractivity contribution in [2.75, 3.05) is 6.54 Å². The van der Waals surface area contributed by atoms with E-state index < -0.39 is 12.1 Å². The number of aliphatic hydroxyl groups is 2. The SMILES string of the molecule is CC(C)(Cc1cccc(C(=O)O)c1)NC[C@H](O)c1ccc(O)c(CO)c1.Cl.[Cl-].[H-].[Li+].[Li+]. The summed E-state index contributed by atoms with van der Waals surface area (Å²) in [5.41, 5.74) is 1.74. The second-order valence-electron chi connectivity index (χ2n) is 7.01. The van der Waals surface area contributed by atoms with Crippen LogP contribution in [0.25, 0.3) is 0 Å². The van der Waals surface area contributed by atoms with E-state index in [9.17, 15) is 20.1 Å². The zero-order valence-corrected chi connectivity index (χ0v) is 19.3. The quantitative estimate of drug-likeness (QED) is 0.258. The van der Waals surface area contributed by atoms with Crippen LogP contribution in [0.4, 0.5) is 0 Å². The molecule has 0 fully saturated rings. The van der Waals surface area contributed by atoms with E-state index in [-0.39, 0.29) is 94.0 Å². The van der Waals surface area contributed by atoms with Crippen molar-refractivity contribution < 1.29 is 76.8 Å². The molecule has 0 saturated heterocycles. The predicted molar refractivity (Wildman–Crippen MR) is 107 cm³/mol. The first-order chi connectivity index (χ1) is 12.2. The van der Waals surface area contributed by atoms with Crippen LogP contribution < -0.4 is 55.4 Å². The topological polar surface area (TPSA) is 110 Å². The number of carboxylic acids is 1. The van der Waals surface area contributed by atoms with Crippen molar-refractivity contribution in [3.63, 3.8) is 0 Å². The number of β-amino-alcohol motifs (C(OH)–C–C–N with tert-alkyl or cyclic N) is 1. The fourth-order valence-corrected chi connectivity index (χ4v) is 2.82. The monoisotopic (exact) mass is 445 g/mol. The van der Waals surface area contributed by atoms with E-state index in [1.54, 1.807) is 30.3 Å². The standard InChI is InChI=1S/C20H25NO5.2ClH.2Li.H/c1-20(2,10-13-4-3-5-15(8-13)19(25)26)21-11-18(24)14-6-7-17(23)16(9-14)12-22;;;;;/h3-9,18,21-24H,10-12H2,1-2H3,(H,25,26);2*1H;;;/q;;;2*+1;-1/p-1/t18-;;;;;/m0...../s1. The van der Waals surface area contributed by atoms with E-state index in [4.69, 9.17) is 5.11 Å². The number of aromatic carboxylic acids is 1. The second-order valence-corrected chi connectivity index (χ2v) is 7.01. The van der Waals surface area contributed by atoms with Crippen molar-refractivity contribution in [1.82, 2.24) is 5.32 Å². The molecular weight excluding hydrogens is 419 g/mol. The van der Waals surface area contributed by atoms with E-state index in [1.807, 2.05) is 19.9 Å². The van der Waals surface area contributed by atoms with Crippen molar-refractivity contribution in [2.45, 2.75) is 38.5 Å². The van der Waals surface area contributed by atoms with Crippen molar-refractivity contribution in [1.29, 1.82) is 0 Å². The Hall–Kier alpha value is -0.635. The Morgan fingerprint density at radius 2 is 1.80 bits per heavy atom. The minimum absolute atomic E-state index is 0. The number of rotatable bonds is 8. The van der Waals surface area contributed by atoms with Gasteiger partial charge in [0.2, 0.25) is 0 Å². The molecule has 0 aliphatic heterocycles. The number of hydrogen-bond donors (Lipinski definition) is 5. The molecular formula is C20H27Cl2Li2NO5. The zero-order valence-electron chi connectivity index (χ0n) is 18.7. The fraction of sp³-hybridized carbons (Fsp3) is 0.350. The van der Waals surface area contributed by atoms with Gasteiger partial charge in [0.05, 0.1) is 18.3 Å². The number of carboxylic acid groups (broad SMARTS) is 1. The average molecular weight is 446 g/mol. The van der Waals surface area contributed by atoms with Gasteiger partial charge in [-0.2, -0.15) is 0 Å². The van der Waals surface area contributed by atoms with E-state index in [1.165, 1.54) is 6.07 Å². The van der Waals surface area contributed by atoms with Gasteiger partial charge in [0.15, 0.2) is 0 Å². The molecule has 2 rings (SSSR count).